The Morgan fingerprint density at radius 1 is 1.14 bits per heavy atom. The van der Waals surface area contributed by atoms with Crippen LogP contribution < -0.4 is 4.90 Å². The first-order valence-corrected chi connectivity index (χ1v) is 7.15. The Kier molecular flexibility index (Phi) is 4.73. The van der Waals surface area contributed by atoms with Crippen LogP contribution in [-0.4, -0.2) is 12.8 Å². The molecule has 2 nitrogen and oxygen atoms in total. The Hall–Kier alpha value is -2.16. The Morgan fingerprint density at radius 2 is 1.76 bits per heavy atom. The monoisotopic (exact) mass is 285 g/mol. The average Bonchev–Trinajstić information content (AvgIpc) is 2.53. The zero-order chi connectivity index (χ0) is 15.4. The Labute approximate surface area is 125 Å². The molecule has 0 aliphatic heterocycles. The van der Waals surface area contributed by atoms with Gasteiger partial charge < -0.3 is 4.90 Å². The number of Topliss-reactive ketones (excluding diaryl/α,β-unsaturated/α-hetero) is 1. The van der Waals surface area contributed by atoms with Gasteiger partial charge in [-0.05, 0) is 37.3 Å². The third-order valence-corrected chi connectivity index (χ3v) is 3.85. The average molecular weight is 285 g/mol. The lowest BCUT2D eigenvalue weighted by Gasteiger charge is -2.27. The van der Waals surface area contributed by atoms with Gasteiger partial charge in [0.1, 0.15) is 5.82 Å². The second kappa shape index (κ2) is 6.53. The molecular formula is C18H20FNO. The number of halogens is 1. The number of nitrogens with zero attached hydrogens (tertiary/aromatic N) is 1. The second-order valence-electron chi connectivity index (χ2n) is 5.13. The smallest absolute Gasteiger partial charge is 0.162 e. The molecule has 21 heavy (non-hydrogen) atoms. The molecule has 0 aliphatic rings. The highest BCUT2D eigenvalue weighted by atomic mass is 19.1. The molecule has 0 heterocycles. The van der Waals surface area contributed by atoms with E-state index in [2.05, 4.69) is 0 Å². The normalized spacial score (nSPS) is 12.0. The fourth-order valence-corrected chi connectivity index (χ4v) is 2.33. The summed E-state index contributed by atoms with van der Waals surface area (Å²) >= 11 is 0. The van der Waals surface area contributed by atoms with Crippen LogP contribution in [0.15, 0.2) is 48.5 Å². The molecule has 0 saturated heterocycles. The van der Waals surface area contributed by atoms with Crippen LogP contribution in [0, 0.1) is 5.82 Å². The van der Waals surface area contributed by atoms with Crippen LogP contribution in [0.25, 0.3) is 0 Å². The third kappa shape index (κ3) is 3.30. The highest BCUT2D eigenvalue weighted by molar-refractivity contribution is 5.96. The largest absolute Gasteiger partial charge is 0.368 e. The van der Waals surface area contributed by atoms with Crippen LogP contribution in [0.4, 0.5) is 10.1 Å². The molecule has 2 aromatic carbocycles. The molecule has 0 aromatic heterocycles. The predicted octanol–water partition coefficient (Wildman–Crippen LogP) is 4.62. The number of rotatable bonds is 5. The number of benzene rings is 2. The number of ketones is 1. The first-order valence-electron chi connectivity index (χ1n) is 7.15. The number of anilines is 1. The topological polar surface area (TPSA) is 20.3 Å². The quantitative estimate of drug-likeness (QED) is 0.747. The summed E-state index contributed by atoms with van der Waals surface area (Å²) in [5.74, 6) is -0.0685. The minimum absolute atomic E-state index is 0.0843. The van der Waals surface area contributed by atoms with Gasteiger partial charge in [0.15, 0.2) is 5.78 Å². The molecule has 3 heteroatoms. The summed E-state index contributed by atoms with van der Waals surface area (Å²) in [5.41, 5.74) is 2.33. The summed E-state index contributed by atoms with van der Waals surface area (Å²) in [6, 6.07) is 14.2. The summed E-state index contributed by atoms with van der Waals surface area (Å²) in [4.78, 5) is 13.6. The van der Waals surface area contributed by atoms with Crippen LogP contribution >= 0.6 is 0 Å². The van der Waals surface area contributed by atoms with E-state index in [1.165, 1.54) is 6.07 Å². The first-order chi connectivity index (χ1) is 10.0. The fraction of sp³-hybridized carbons (Fsp3) is 0.278. The van der Waals surface area contributed by atoms with Crippen molar-refractivity contribution in [2.75, 3.05) is 11.9 Å². The van der Waals surface area contributed by atoms with Crippen molar-refractivity contribution < 1.29 is 9.18 Å². The van der Waals surface area contributed by atoms with Crippen LogP contribution in [0.5, 0.6) is 0 Å². The Morgan fingerprint density at radius 3 is 2.33 bits per heavy atom. The fourth-order valence-electron chi connectivity index (χ4n) is 2.33. The van der Waals surface area contributed by atoms with E-state index < -0.39 is 0 Å². The van der Waals surface area contributed by atoms with Crippen molar-refractivity contribution in [2.24, 2.45) is 0 Å². The number of hydrogen-bond acceptors (Lipinski definition) is 2. The molecule has 0 fully saturated rings. The van der Waals surface area contributed by atoms with Gasteiger partial charge >= 0.3 is 0 Å². The van der Waals surface area contributed by atoms with Crippen molar-refractivity contribution in [1.82, 2.24) is 0 Å². The Bertz CT molecular complexity index is 621. The van der Waals surface area contributed by atoms with Crippen molar-refractivity contribution in [3.8, 4) is 0 Å². The van der Waals surface area contributed by atoms with Crippen LogP contribution in [0.3, 0.4) is 0 Å². The van der Waals surface area contributed by atoms with E-state index >= 15 is 0 Å². The van der Waals surface area contributed by atoms with E-state index in [1.807, 2.05) is 56.1 Å². The lowest BCUT2D eigenvalue weighted by molar-refractivity contribution is 0.0988. The molecule has 0 spiro atoms. The molecule has 0 aliphatic carbocycles. The minimum Gasteiger partial charge on any atom is -0.368 e. The van der Waals surface area contributed by atoms with Gasteiger partial charge in [-0.2, -0.15) is 0 Å². The third-order valence-electron chi connectivity index (χ3n) is 3.85. The van der Waals surface area contributed by atoms with Crippen molar-refractivity contribution in [3.05, 3.63) is 65.5 Å². The molecule has 2 aromatic rings. The Balaban J connectivity index is 2.22. The van der Waals surface area contributed by atoms with Crippen molar-refractivity contribution in [1.29, 1.82) is 0 Å². The standard InChI is InChI=1S/C18H20FNO/c1-4-18(21)14-9-11-15(12-10-14)20(3)13(2)16-7-5-6-8-17(16)19/h5-13H,4H2,1-3H3. The van der Waals surface area contributed by atoms with Gasteiger partial charge in [-0.3, -0.25) is 4.79 Å². The van der Waals surface area contributed by atoms with Crippen LogP contribution in [0.2, 0.25) is 0 Å². The second-order valence-corrected chi connectivity index (χ2v) is 5.13. The number of carbonyl (C=O) groups is 1. The molecule has 0 radical (unpaired) electrons. The van der Waals surface area contributed by atoms with Crippen molar-refractivity contribution >= 4 is 11.5 Å². The van der Waals surface area contributed by atoms with Gasteiger partial charge in [-0.15, -0.1) is 0 Å². The van der Waals surface area contributed by atoms with Gasteiger partial charge in [-0.1, -0.05) is 25.1 Å². The van der Waals surface area contributed by atoms with Crippen LogP contribution in [-0.2, 0) is 0 Å². The molecule has 110 valence electrons. The molecule has 1 unspecified atom stereocenters. The predicted molar refractivity (Wildman–Crippen MR) is 84.3 cm³/mol. The zero-order valence-electron chi connectivity index (χ0n) is 12.6. The van der Waals surface area contributed by atoms with Gasteiger partial charge in [-0.25, -0.2) is 4.39 Å². The molecule has 0 N–H and O–H groups in total. The van der Waals surface area contributed by atoms with E-state index in [0.29, 0.717) is 17.5 Å². The van der Waals surface area contributed by atoms with Gasteiger partial charge in [0.2, 0.25) is 0 Å². The maximum absolute atomic E-state index is 13.9. The van der Waals surface area contributed by atoms with E-state index in [-0.39, 0.29) is 17.6 Å². The molecule has 0 saturated carbocycles. The maximum atomic E-state index is 13.9. The minimum atomic E-state index is -0.199. The first kappa shape index (κ1) is 15.2. The molecular weight excluding hydrogens is 265 g/mol. The summed E-state index contributed by atoms with van der Waals surface area (Å²) in [6.07, 6.45) is 0.501. The van der Waals surface area contributed by atoms with E-state index in [0.717, 1.165) is 5.69 Å². The highest BCUT2D eigenvalue weighted by Crippen LogP contribution is 2.27. The summed E-state index contributed by atoms with van der Waals surface area (Å²) < 4.78 is 13.9. The van der Waals surface area contributed by atoms with E-state index in [1.54, 1.807) is 12.1 Å². The summed E-state index contributed by atoms with van der Waals surface area (Å²) in [7, 11) is 1.92. The van der Waals surface area contributed by atoms with E-state index in [9.17, 15) is 9.18 Å². The molecule has 1 atom stereocenters. The van der Waals surface area contributed by atoms with Gasteiger partial charge in [0.05, 0.1) is 6.04 Å². The zero-order valence-corrected chi connectivity index (χ0v) is 12.6. The lowest BCUT2D eigenvalue weighted by Crippen LogP contribution is -2.22. The summed E-state index contributed by atoms with van der Waals surface area (Å²) in [6.45, 7) is 3.81. The van der Waals surface area contributed by atoms with Gasteiger partial charge in [0.25, 0.3) is 0 Å². The van der Waals surface area contributed by atoms with E-state index in [4.69, 9.17) is 0 Å². The molecule has 0 amide bonds. The number of hydrogen-bond donors (Lipinski definition) is 0. The van der Waals surface area contributed by atoms with Crippen molar-refractivity contribution in [3.63, 3.8) is 0 Å². The van der Waals surface area contributed by atoms with Crippen molar-refractivity contribution in [2.45, 2.75) is 26.3 Å². The lowest BCUT2D eigenvalue weighted by atomic mass is 10.0. The molecule has 0 bridgehead atoms. The number of carbonyl (C=O) groups excluding carboxylic acids is 1. The highest BCUT2D eigenvalue weighted by Gasteiger charge is 2.16. The summed E-state index contributed by atoms with van der Waals surface area (Å²) in [5, 5.41) is 0. The van der Waals surface area contributed by atoms with Crippen LogP contribution in [0.1, 0.15) is 42.2 Å². The van der Waals surface area contributed by atoms with Gasteiger partial charge in [0, 0.05) is 30.3 Å². The SMILES string of the molecule is CCC(=O)c1ccc(N(C)C(C)c2ccccc2F)cc1. The maximum Gasteiger partial charge on any atom is 0.162 e. The molecule has 2 rings (SSSR count).